The van der Waals surface area contributed by atoms with E-state index in [0.717, 1.165) is 94.6 Å². The van der Waals surface area contributed by atoms with Crippen molar-refractivity contribution in [2.24, 2.45) is 11.8 Å². The highest BCUT2D eigenvalue weighted by Gasteiger charge is 2.60. The molecule has 0 aromatic carbocycles. The van der Waals surface area contributed by atoms with Crippen LogP contribution in [0.25, 0.3) is 9.53 Å². The topological polar surface area (TPSA) is 111 Å². The van der Waals surface area contributed by atoms with Crippen LogP contribution in [0.5, 0.6) is 0 Å². The minimum atomic E-state index is -1.11. The smallest absolute Gasteiger partial charge is 0.353 e. The number of carbonyl (C=O) groups excluding carboxylic acids is 2. The molecule has 41 heavy (non-hydrogen) atoms. The van der Waals surface area contributed by atoms with Gasteiger partial charge in [-0.3, -0.25) is 9.59 Å². The van der Waals surface area contributed by atoms with Gasteiger partial charge in [0.15, 0.2) is 10.9 Å². The number of aliphatic hydroxyl groups is 1. The number of thiophene rings is 1. The number of thioether (sulfide) groups is 1. The second-order valence-electron chi connectivity index (χ2n) is 12.7. The third kappa shape index (κ3) is 4.54. The Balaban J connectivity index is 1.02. The highest BCUT2D eigenvalue weighted by Crippen LogP contribution is 2.53. The molecule has 2 N–H and O–H groups in total. The van der Waals surface area contributed by atoms with Gasteiger partial charge < -0.3 is 29.0 Å². The van der Waals surface area contributed by atoms with Crippen molar-refractivity contribution in [1.82, 2.24) is 14.8 Å². The van der Waals surface area contributed by atoms with Crippen LogP contribution in [0.2, 0.25) is 0 Å². The quantitative estimate of drug-likeness (QED) is 0.345. The molecule has 0 radical (unpaired) electrons. The first-order valence-corrected chi connectivity index (χ1v) is 17.1. The lowest BCUT2D eigenvalue weighted by Gasteiger charge is -2.55. The fourth-order valence-electron chi connectivity index (χ4n) is 7.74. The molecular formula is C28H37N5O5S3+2. The molecule has 8 heterocycles. The first kappa shape index (κ1) is 27.8. The molecule has 2 bridgehead atoms. The van der Waals surface area contributed by atoms with Gasteiger partial charge in [0.05, 0.1) is 28.5 Å². The largest absolute Gasteiger partial charge is 0.477 e. The Morgan fingerprint density at radius 3 is 2.39 bits per heavy atom. The lowest BCUT2D eigenvalue weighted by molar-refractivity contribution is -1.08. The summed E-state index contributed by atoms with van der Waals surface area (Å²) in [5.74, 6) is -1.82. The van der Waals surface area contributed by atoms with E-state index < -0.39 is 18.0 Å². The second kappa shape index (κ2) is 10.0. The van der Waals surface area contributed by atoms with Gasteiger partial charge in [-0.15, -0.1) is 11.3 Å². The number of hydrogen-bond acceptors (Lipinski definition) is 8. The number of fused-ring (bicyclic) bond motifs is 5. The Hall–Kier alpha value is -2.03. The van der Waals surface area contributed by atoms with Crippen LogP contribution in [0.1, 0.15) is 31.6 Å². The Bertz CT molecular complexity index is 1400. The molecule has 2 aromatic heterocycles. The van der Waals surface area contributed by atoms with Crippen LogP contribution in [0.3, 0.4) is 0 Å². The second-order valence-corrected chi connectivity index (χ2v) is 16.4. The molecule has 5 saturated heterocycles. The van der Waals surface area contributed by atoms with Crippen LogP contribution in [-0.2, 0) is 20.9 Å². The summed E-state index contributed by atoms with van der Waals surface area (Å²) in [6, 6.07) is 1.88. The molecule has 8 rings (SSSR count). The lowest BCUT2D eigenvalue weighted by atomic mass is 9.79. The number of thiazole rings is 1. The summed E-state index contributed by atoms with van der Waals surface area (Å²) in [5, 5.41) is 20.0. The van der Waals surface area contributed by atoms with Gasteiger partial charge in [-0.1, -0.05) is 30.0 Å². The van der Waals surface area contributed by atoms with E-state index in [-0.39, 0.29) is 23.6 Å². The Kier molecular flexibility index (Phi) is 6.79. The number of likely N-dealkylation sites (tertiary alicyclic amines) is 1. The monoisotopic (exact) mass is 619 g/mol. The highest BCUT2D eigenvalue weighted by molar-refractivity contribution is 8.04. The predicted octanol–water partition coefficient (Wildman–Crippen LogP) is 2.39. The van der Waals surface area contributed by atoms with E-state index >= 15 is 0 Å². The van der Waals surface area contributed by atoms with Crippen molar-refractivity contribution in [1.29, 1.82) is 0 Å². The van der Waals surface area contributed by atoms with Crippen molar-refractivity contribution < 1.29 is 33.6 Å². The third-order valence-corrected chi connectivity index (χ3v) is 13.8. The number of amides is 2. The van der Waals surface area contributed by atoms with Crippen molar-refractivity contribution >= 4 is 61.7 Å². The van der Waals surface area contributed by atoms with Gasteiger partial charge in [-0.2, -0.15) is 0 Å². The van der Waals surface area contributed by atoms with Crippen LogP contribution >= 0.6 is 34.4 Å². The van der Waals surface area contributed by atoms with E-state index in [1.54, 1.807) is 29.6 Å². The average Bonchev–Trinajstić information content (AvgIpc) is 3.70. The summed E-state index contributed by atoms with van der Waals surface area (Å²) in [7, 11) is 0. The molecule has 13 heteroatoms. The number of aromatic nitrogens is 1. The van der Waals surface area contributed by atoms with Gasteiger partial charge in [-0.05, 0) is 25.8 Å². The number of aliphatic hydroxyl groups excluding tert-OH is 1. The first-order chi connectivity index (χ1) is 19.6. The number of hydrogen-bond donors (Lipinski definition) is 2. The third-order valence-electron chi connectivity index (χ3n) is 10.2. The zero-order chi connectivity index (χ0) is 28.7. The SMILES string of the molecule is C[C@@H](O)[C@H]1C(=O)N2C(C(=O)O)=C(Sc3nc4cc(C[N+]56CC[N+](CC(=O)N7CCCC7)(CC5)CC6)sc4s3)[C@H](C)[C@H]12. The van der Waals surface area contributed by atoms with Crippen molar-refractivity contribution in [2.45, 2.75) is 49.7 Å². The zero-order valence-electron chi connectivity index (χ0n) is 23.5. The maximum atomic E-state index is 12.9. The fourth-order valence-corrected chi connectivity index (χ4v) is 11.7. The molecule has 4 atom stereocenters. The zero-order valence-corrected chi connectivity index (χ0v) is 25.9. The molecule has 0 saturated carbocycles. The molecule has 220 valence electrons. The number of carbonyl (C=O) groups is 3. The number of nitrogens with zero attached hydrogens (tertiary/aromatic N) is 5. The number of carboxylic acid groups (broad SMARTS) is 1. The molecular weight excluding hydrogens is 583 g/mol. The maximum absolute atomic E-state index is 12.9. The van der Waals surface area contributed by atoms with Crippen molar-refractivity contribution in [3.8, 4) is 0 Å². The van der Waals surface area contributed by atoms with Gasteiger partial charge in [0.2, 0.25) is 5.91 Å². The molecule has 10 nitrogen and oxygen atoms in total. The Morgan fingerprint density at radius 1 is 1.12 bits per heavy atom. The molecule has 5 fully saturated rings. The van der Waals surface area contributed by atoms with Crippen LogP contribution in [0.4, 0.5) is 0 Å². The van der Waals surface area contributed by atoms with Gasteiger partial charge in [0.25, 0.3) is 5.91 Å². The summed E-state index contributed by atoms with van der Waals surface area (Å²) in [6.45, 7) is 13.6. The molecule has 2 amide bonds. The summed E-state index contributed by atoms with van der Waals surface area (Å²) < 4.78 is 3.98. The number of rotatable bonds is 8. The number of β-lactam (4-membered cyclic amide) rings is 1. The molecule has 6 aliphatic heterocycles. The van der Waals surface area contributed by atoms with Crippen molar-refractivity contribution in [2.75, 3.05) is 58.9 Å². The molecule has 0 spiro atoms. The van der Waals surface area contributed by atoms with Crippen LogP contribution in [0.15, 0.2) is 21.0 Å². The number of carboxylic acids is 1. The first-order valence-electron chi connectivity index (χ1n) is 14.6. The number of quaternary nitrogens is 2. The van der Waals surface area contributed by atoms with Gasteiger partial charge in [-0.25, -0.2) is 9.78 Å². The van der Waals surface area contributed by atoms with E-state index in [4.69, 9.17) is 4.98 Å². The average molecular weight is 620 g/mol. The summed E-state index contributed by atoms with van der Waals surface area (Å²) in [6.07, 6.45) is 1.47. The summed E-state index contributed by atoms with van der Waals surface area (Å²) >= 11 is 4.73. The Morgan fingerprint density at radius 2 is 1.78 bits per heavy atom. The number of aliphatic carboxylic acids is 1. The van der Waals surface area contributed by atoms with Gasteiger partial charge in [0, 0.05) is 23.9 Å². The maximum Gasteiger partial charge on any atom is 0.353 e. The molecule has 0 unspecified atom stereocenters. The minimum absolute atomic E-state index is 0.0382. The van der Waals surface area contributed by atoms with Crippen LogP contribution in [0, 0.1) is 11.8 Å². The van der Waals surface area contributed by atoms with Crippen LogP contribution < -0.4 is 0 Å². The summed E-state index contributed by atoms with van der Waals surface area (Å²) in [4.78, 5) is 47.9. The van der Waals surface area contributed by atoms with Crippen LogP contribution in [-0.4, -0.2) is 123 Å². The van der Waals surface area contributed by atoms with Crippen molar-refractivity contribution in [3.63, 3.8) is 0 Å². The van der Waals surface area contributed by atoms with Gasteiger partial charge >= 0.3 is 5.97 Å². The Labute approximate surface area is 251 Å². The van der Waals surface area contributed by atoms with E-state index in [9.17, 15) is 24.6 Å². The summed E-state index contributed by atoms with van der Waals surface area (Å²) in [5.41, 5.74) is 0.992. The molecule has 0 aliphatic carbocycles. The van der Waals surface area contributed by atoms with E-state index in [1.807, 2.05) is 6.92 Å². The molecule has 2 aromatic rings. The number of piperazine rings is 3. The van der Waals surface area contributed by atoms with Crippen molar-refractivity contribution in [3.05, 3.63) is 21.5 Å². The highest BCUT2D eigenvalue weighted by atomic mass is 32.2. The normalized spacial score (nSPS) is 33.5. The lowest BCUT2D eigenvalue weighted by Crippen LogP contribution is -2.75. The van der Waals surface area contributed by atoms with Gasteiger partial charge in [0.1, 0.15) is 55.5 Å². The van der Waals surface area contributed by atoms with E-state index in [1.165, 1.54) is 21.5 Å². The van der Waals surface area contributed by atoms with E-state index in [2.05, 4.69) is 11.0 Å². The standard InChI is InChI=1S/C28H36N5O5S3/c1-16-22-21(17(2)34)25(36)31(22)23(26(37)38)24(16)40-28-29-19-13-18(39-27(19)41-28)14-32-7-10-33(11-8-32,12-9-32)15-20(35)30-5-3-4-6-30/h13,16-17,21-22,34H,3-12,14-15H2,1-2H3/q+1/p+1/t16-,17-,21-,22-,32?,33?/m1/s1. The molecule has 6 aliphatic rings. The predicted molar refractivity (Wildman–Crippen MR) is 157 cm³/mol. The van der Waals surface area contributed by atoms with E-state index in [0.29, 0.717) is 17.4 Å². The minimum Gasteiger partial charge on any atom is -0.477 e. The fraction of sp³-hybridized carbons (Fsp3) is 0.643.